The van der Waals surface area contributed by atoms with Crippen molar-refractivity contribution in [3.8, 4) is 0 Å². The lowest BCUT2D eigenvalue weighted by atomic mass is 9.77. The molecular weight excluding hydrogens is 334 g/mol. The summed E-state index contributed by atoms with van der Waals surface area (Å²) >= 11 is 1.68. The third-order valence-corrected chi connectivity index (χ3v) is 6.13. The first-order valence-corrected chi connectivity index (χ1v) is 9.83. The van der Waals surface area contributed by atoms with Gasteiger partial charge in [-0.15, -0.1) is 11.3 Å². The molecule has 0 aromatic carbocycles. The summed E-state index contributed by atoms with van der Waals surface area (Å²) in [5, 5.41) is 3.19. The number of fused-ring (bicyclic) bond motifs is 1. The molecule has 2 atom stereocenters. The zero-order chi connectivity index (χ0) is 17.1. The van der Waals surface area contributed by atoms with Crippen LogP contribution in [-0.2, 0) is 22.6 Å². The van der Waals surface area contributed by atoms with Gasteiger partial charge in [-0.1, -0.05) is 0 Å². The molecule has 4 rings (SSSR count). The van der Waals surface area contributed by atoms with Crippen molar-refractivity contribution in [3.63, 3.8) is 0 Å². The van der Waals surface area contributed by atoms with E-state index in [4.69, 9.17) is 9.47 Å². The maximum atomic E-state index is 6.10. The van der Waals surface area contributed by atoms with E-state index >= 15 is 0 Å². The molecule has 0 saturated carbocycles. The van der Waals surface area contributed by atoms with Crippen LogP contribution in [0.1, 0.15) is 29.1 Å². The highest BCUT2D eigenvalue weighted by molar-refractivity contribution is 7.09. The monoisotopic (exact) mass is 359 g/mol. The van der Waals surface area contributed by atoms with E-state index in [2.05, 4.69) is 32.4 Å². The number of hydrogen-bond acceptors (Lipinski definition) is 6. The first-order valence-electron chi connectivity index (χ1n) is 8.95. The minimum atomic E-state index is 0.121. The fourth-order valence-corrected chi connectivity index (χ4v) is 4.66. The van der Waals surface area contributed by atoms with Crippen LogP contribution in [0.15, 0.2) is 29.9 Å². The smallest absolute Gasteiger partial charge is 0.0898 e. The van der Waals surface area contributed by atoms with Gasteiger partial charge in [0.1, 0.15) is 0 Å². The molecule has 2 aliphatic heterocycles. The first-order chi connectivity index (χ1) is 12.2. The molecule has 6 heteroatoms. The topological polar surface area (TPSA) is 47.5 Å². The fraction of sp³-hybridized carbons (Fsp3) is 0.579. The third kappa shape index (κ3) is 3.92. The summed E-state index contributed by atoms with van der Waals surface area (Å²) in [7, 11) is 0. The van der Waals surface area contributed by atoms with Crippen LogP contribution in [0, 0.1) is 12.3 Å². The predicted octanol–water partition coefficient (Wildman–Crippen LogP) is 3.04. The predicted molar refractivity (Wildman–Crippen MR) is 97.4 cm³/mol. The number of hydrogen-bond donors (Lipinski definition) is 0. The van der Waals surface area contributed by atoms with E-state index in [0.717, 1.165) is 56.4 Å². The Labute approximate surface area is 153 Å². The minimum Gasteiger partial charge on any atom is -0.377 e. The fourth-order valence-electron chi connectivity index (χ4n) is 4.06. The van der Waals surface area contributed by atoms with Crippen LogP contribution in [0.3, 0.4) is 0 Å². The second-order valence-corrected chi connectivity index (χ2v) is 8.24. The number of likely N-dealkylation sites (tertiary alicyclic amines) is 1. The summed E-state index contributed by atoms with van der Waals surface area (Å²) in [6.45, 7) is 7.33. The van der Waals surface area contributed by atoms with Gasteiger partial charge in [0.25, 0.3) is 0 Å². The number of nitrogens with zero attached hydrogens (tertiary/aromatic N) is 3. The summed E-state index contributed by atoms with van der Waals surface area (Å²) in [4.78, 5) is 11.1. The summed E-state index contributed by atoms with van der Waals surface area (Å²) in [6.07, 6.45) is 6.24. The van der Waals surface area contributed by atoms with Crippen LogP contribution in [0.5, 0.6) is 0 Å². The Morgan fingerprint density at radius 2 is 2.28 bits per heavy atom. The van der Waals surface area contributed by atoms with Crippen LogP contribution in [0.2, 0.25) is 0 Å². The Morgan fingerprint density at radius 3 is 3.08 bits per heavy atom. The van der Waals surface area contributed by atoms with Crippen molar-refractivity contribution < 1.29 is 9.47 Å². The van der Waals surface area contributed by atoms with Crippen molar-refractivity contribution in [2.24, 2.45) is 5.41 Å². The van der Waals surface area contributed by atoms with E-state index in [1.807, 2.05) is 19.3 Å². The molecule has 0 bridgehead atoms. The minimum absolute atomic E-state index is 0.121. The highest BCUT2D eigenvalue weighted by atomic mass is 32.1. The summed E-state index contributed by atoms with van der Waals surface area (Å²) in [5.74, 6) is 0. The van der Waals surface area contributed by atoms with Gasteiger partial charge >= 0.3 is 0 Å². The number of aryl methyl sites for hydroxylation is 1. The van der Waals surface area contributed by atoms with E-state index in [0.29, 0.717) is 12.7 Å². The Balaban J connectivity index is 1.38. The van der Waals surface area contributed by atoms with Crippen LogP contribution in [0.4, 0.5) is 0 Å². The van der Waals surface area contributed by atoms with E-state index in [1.165, 1.54) is 5.56 Å². The Hall–Kier alpha value is -1.34. The maximum absolute atomic E-state index is 6.10. The number of rotatable bonds is 6. The van der Waals surface area contributed by atoms with Gasteiger partial charge in [0.15, 0.2) is 0 Å². The van der Waals surface area contributed by atoms with Crippen molar-refractivity contribution in [2.45, 2.75) is 39.0 Å². The summed E-state index contributed by atoms with van der Waals surface area (Å²) in [6, 6.07) is 4.20. The Morgan fingerprint density at radius 1 is 1.40 bits per heavy atom. The maximum Gasteiger partial charge on any atom is 0.0898 e. The van der Waals surface area contributed by atoms with Gasteiger partial charge in [0.2, 0.25) is 0 Å². The van der Waals surface area contributed by atoms with Gasteiger partial charge < -0.3 is 9.47 Å². The number of pyridine rings is 1. The normalized spacial score (nSPS) is 26.7. The van der Waals surface area contributed by atoms with Crippen molar-refractivity contribution in [1.82, 2.24) is 14.9 Å². The van der Waals surface area contributed by atoms with E-state index < -0.39 is 0 Å². The first kappa shape index (κ1) is 17.1. The van der Waals surface area contributed by atoms with E-state index in [1.54, 1.807) is 11.3 Å². The van der Waals surface area contributed by atoms with Crippen molar-refractivity contribution in [3.05, 3.63) is 46.2 Å². The molecule has 2 aliphatic rings. The molecule has 0 amide bonds. The molecule has 0 radical (unpaired) electrons. The van der Waals surface area contributed by atoms with E-state index in [9.17, 15) is 0 Å². The van der Waals surface area contributed by atoms with Gasteiger partial charge in [-0.2, -0.15) is 0 Å². The molecule has 134 valence electrons. The van der Waals surface area contributed by atoms with Crippen LogP contribution >= 0.6 is 11.3 Å². The zero-order valence-electron chi connectivity index (χ0n) is 14.7. The molecule has 2 saturated heterocycles. The molecule has 5 nitrogen and oxygen atoms in total. The van der Waals surface area contributed by atoms with Gasteiger partial charge in [0.05, 0.1) is 30.0 Å². The Bertz CT molecular complexity index is 693. The van der Waals surface area contributed by atoms with Crippen LogP contribution in [0.25, 0.3) is 0 Å². The molecular formula is C19H25N3O2S. The molecule has 0 unspecified atom stereocenters. The number of thiazole rings is 1. The van der Waals surface area contributed by atoms with Crippen molar-refractivity contribution in [2.75, 3.05) is 26.3 Å². The van der Waals surface area contributed by atoms with Crippen LogP contribution in [-0.4, -0.2) is 47.3 Å². The number of aromatic nitrogens is 2. The second-order valence-electron chi connectivity index (χ2n) is 7.18. The molecule has 2 aromatic rings. The molecule has 0 spiro atoms. The standard InChI is InChI=1S/C19H25N3O2S/c1-15-21-17(12-25-15)11-23-14-19-5-9-24-18(19)4-8-22(13-19)10-16-2-6-20-7-3-16/h2-3,6-7,12,18H,4-5,8-11,13-14H2,1H3/t18-,19+/m0/s1. The van der Waals surface area contributed by atoms with Crippen LogP contribution < -0.4 is 0 Å². The lowest BCUT2D eigenvalue weighted by Crippen LogP contribution is -2.51. The second kappa shape index (κ2) is 7.50. The lowest BCUT2D eigenvalue weighted by Gasteiger charge is -2.43. The highest BCUT2D eigenvalue weighted by Crippen LogP contribution is 2.41. The van der Waals surface area contributed by atoms with Gasteiger partial charge in [0, 0.05) is 49.4 Å². The van der Waals surface area contributed by atoms with Gasteiger partial charge in [-0.05, 0) is 37.5 Å². The zero-order valence-corrected chi connectivity index (χ0v) is 15.5. The molecule has 4 heterocycles. The number of piperidine rings is 1. The highest BCUT2D eigenvalue weighted by Gasteiger charge is 2.48. The molecule has 2 fully saturated rings. The van der Waals surface area contributed by atoms with Crippen molar-refractivity contribution in [1.29, 1.82) is 0 Å². The average Bonchev–Trinajstić information content (AvgIpc) is 3.22. The molecule has 0 N–H and O–H groups in total. The summed E-state index contributed by atoms with van der Waals surface area (Å²) < 4.78 is 12.1. The number of ether oxygens (including phenoxy) is 2. The molecule has 2 aromatic heterocycles. The Kier molecular flexibility index (Phi) is 5.12. The van der Waals surface area contributed by atoms with Crippen molar-refractivity contribution >= 4 is 11.3 Å². The average molecular weight is 359 g/mol. The van der Waals surface area contributed by atoms with Gasteiger partial charge in [-0.3, -0.25) is 9.88 Å². The molecule has 0 aliphatic carbocycles. The largest absolute Gasteiger partial charge is 0.377 e. The SMILES string of the molecule is Cc1nc(COC[C@]23CCO[C@H]2CCN(Cc2ccncc2)C3)cs1. The lowest BCUT2D eigenvalue weighted by molar-refractivity contribution is -0.0689. The quantitative estimate of drug-likeness (QED) is 0.793. The third-order valence-electron chi connectivity index (χ3n) is 5.31. The molecule has 25 heavy (non-hydrogen) atoms. The van der Waals surface area contributed by atoms with Gasteiger partial charge in [-0.25, -0.2) is 4.98 Å². The summed E-state index contributed by atoms with van der Waals surface area (Å²) in [5.41, 5.74) is 2.48. The van der Waals surface area contributed by atoms with E-state index in [-0.39, 0.29) is 5.41 Å².